The van der Waals surface area contributed by atoms with Crippen molar-refractivity contribution in [1.82, 2.24) is 10.2 Å². The van der Waals surface area contributed by atoms with E-state index in [0.717, 1.165) is 11.3 Å². The van der Waals surface area contributed by atoms with Gasteiger partial charge in [0.25, 0.3) is 0 Å². The third-order valence-corrected chi connectivity index (χ3v) is 3.41. The van der Waals surface area contributed by atoms with E-state index in [0.29, 0.717) is 25.9 Å². The highest BCUT2D eigenvalue weighted by Crippen LogP contribution is 2.11. The number of piperidine rings is 1. The van der Waals surface area contributed by atoms with Gasteiger partial charge in [-0.05, 0) is 24.1 Å². The topological polar surface area (TPSA) is 87.5 Å². The molecule has 1 saturated heterocycles. The Morgan fingerprint density at radius 3 is 2.70 bits per heavy atom. The Labute approximate surface area is 118 Å². The minimum Gasteiger partial charge on any atom is -0.344 e. The molecule has 0 radical (unpaired) electrons. The van der Waals surface area contributed by atoms with E-state index in [9.17, 15) is 9.59 Å². The van der Waals surface area contributed by atoms with Gasteiger partial charge in [-0.2, -0.15) is 0 Å². The summed E-state index contributed by atoms with van der Waals surface area (Å²) in [4.78, 5) is 24.9. The molecule has 1 atom stereocenters. The Balaban J connectivity index is 1.84. The minimum atomic E-state index is -0.252. The van der Waals surface area contributed by atoms with Crippen LogP contribution >= 0.6 is 0 Å². The third-order valence-electron chi connectivity index (χ3n) is 3.41. The van der Waals surface area contributed by atoms with Gasteiger partial charge in [0.15, 0.2) is 0 Å². The molecule has 3 amide bonds. The van der Waals surface area contributed by atoms with Crippen LogP contribution in [0.4, 0.5) is 10.5 Å². The summed E-state index contributed by atoms with van der Waals surface area (Å²) in [6.07, 6.45) is 1.16. The predicted molar refractivity (Wildman–Crippen MR) is 77.1 cm³/mol. The molecule has 0 saturated carbocycles. The fourth-order valence-electron chi connectivity index (χ4n) is 2.21. The first-order valence-corrected chi connectivity index (χ1v) is 6.69. The van der Waals surface area contributed by atoms with E-state index in [-0.39, 0.29) is 18.0 Å². The predicted octanol–water partition coefficient (Wildman–Crippen LogP) is 0.888. The first-order chi connectivity index (χ1) is 9.58. The van der Waals surface area contributed by atoms with Gasteiger partial charge in [-0.3, -0.25) is 4.79 Å². The fraction of sp³-hybridized carbons (Fsp3) is 0.429. The first kappa shape index (κ1) is 14.3. The minimum absolute atomic E-state index is 0.000940. The lowest BCUT2D eigenvalue weighted by molar-refractivity contribution is -0.132. The van der Waals surface area contributed by atoms with E-state index in [2.05, 4.69) is 10.6 Å². The summed E-state index contributed by atoms with van der Waals surface area (Å²) in [6.45, 7) is 1.03. The summed E-state index contributed by atoms with van der Waals surface area (Å²) in [5.41, 5.74) is 7.26. The molecule has 1 aliphatic rings. The molecule has 0 aliphatic carbocycles. The van der Waals surface area contributed by atoms with E-state index in [1.165, 1.54) is 0 Å². The average molecular weight is 276 g/mol. The Kier molecular flexibility index (Phi) is 4.57. The molecule has 1 aromatic carbocycles. The number of carbonyl (C=O) groups excluding carboxylic acids is 2. The van der Waals surface area contributed by atoms with Gasteiger partial charge in [0.1, 0.15) is 0 Å². The number of rotatable bonds is 3. The number of nitrogens with zero attached hydrogens (tertiary/aromatic N) is 1. The van der Waals surface area contributed by atoms with Crippen molar-refractivity contribution in [3.05, 3.63) is 29.8 Å². The number of amides is 3. The Morgan fingerprint density at radius 2 is 2.10 bits per heavy atom. The van der Waals surface area contributed by atoms with Crippen LogP contribution in [0.5, 0.6) is 0 Å². The van der Waals surface area contributed by atoms with Crippen LogP contribution in [0.1, 0.15) is 18.4 Å². The van der Waals surface area contributed by atoms with E-state index >= 15 is 0 Å². The standard InChI is InChI=1S/C14H20N4O2/c1-18-9-12(6-7-13(18)19)17-14(20)16-11-4-2-10(8-15)3-5-11/h2-5,12H,6-9,15H2,1H3,(H2,16,17,20). The van der Waals surface area contributed by atoms with Gasteiger partial charge in [0, 0.05) is 38.3 Å². The fourth-order valence-corrected chi connectivity index (χ4v) is 2.21. The van der Waals surface area contributed by atoms with Crippen LogP contribution in [0.2, 0.25) is 0 Å². The van der Waals surface area contributed by atoms with Crippen LogP contribution in [0.15, 0.2) is 24.3 Å². The third kappa shape index (κ3) is 3.71. The number of benzene rings is 1. The highest BCUT2D eigenvalue weighted by atomic mass is 16.2. The maximum atomic E-state index is 11.9. The van der Waals surface area contributed by atoms with Crippen molar-refractivity contribution in [2.24, 2.45) is 5.73 Å². The largest absolute Gasteiger partial charge is 0.344 e. The van der Waals surface area contributed by atoms with Gasteiger partial charge in [0.2, 0.25) is 5.91 Å². The Hall–Kier alpha value is -2.08. The van der Waals surface area contributed by atoms with Crippen LogP contribution in [-0.4, -0.2) is 36.5 Å². The molecule has 1 aliphatic heterocycles. The molecule has 1 unspecified atom stereocenters. The number of nitrogens with one attached hydrogen (secondary N) is 2. The number of nitrogens with two attached hydrogens (primary N) is 1. The first-order valence-electron chi connectivity index (χ1n) is 6.69. The zero-order valence-corrected chi connectivity index (χ0v) is 11.6. The number of carbonyl (C=O) groups is 2. The second-order valence-corrected chi connectivity index (χ2v) is 5.01. The summed E-state index contributed by atoms with van der Waals surface area (Å²) in [5.74, 6) is 0.126. The van der Waals surface area contributed by atoms with Gasteiger partial charge >= 0.3 is 6.03 Å². The Bertz CT molecular complexity index is 486. The lowest BCUT2D eigenvalue weighted by Gasteiger charge is -2.30. The number of likely N-dealkylation sites (N-methyl/N-ethyl adjacent to an activating group) is 1. The average Bonchev–Trinajstić information content (AvgIpc) is 2.44. The molecule has 6 heteroatoms. The van der Waals surface area contributed by atoms with E-state index in [1.54, 1.807) is 11.9 Å². The molecule has 0 spiro atoms. The summed E-state index contributed by atoms with van der Waals surface area (Å²) in [6, 6.07) is 7.14. The monoisotopic (exact) mass is 276 g/mol. The van der Waals surface area contributed by atoms with Gasteiger partial charge in [-0.25, -0.2) is 4.79 Å². The van der Waals surface area contributed by atoms with E-state index < -0.39 is 0 Å². The second-order valence-electron chi connectivity index (χ2n) is 5.01. The number of anilines is 1. The molecule has 1 aromatic rings. The highest BCUT2D eigenvalue weighted by Gasteiger charge is 2.23. The number of hydrogen-bond acceptors (Lipinski definition) is 3. The van der Waals surface area contributed by atoms with Crippen molar-refractivity contribution in [3.8, 4) is 0 Å². The van der Waals surface area contributed by atoms with Gasteiger partial charge < -0.3 is 21.3 Å². The molecule has 1 heterocycles. The summed E-state index contributed by atoms with van der Waals surface area (Å²) in [5, 5.41) is 5.65. The smallest absolute Gasteiger partial charge is 0.319 e. The van der Waals surface area contributed by atoms with Crippen molar-refractivity contribution in [3.63, 3.8) is 0 Å². The van der Waals surface area contributed by atoms with Crippen molar-refractivity contribution in [2.75, 3.05) is 18.9 Å². The van der Waals surface area contributed by atoms with Crippen LogP contribution in [0.25, 0.3) is 0 Å². The molecule has 0 aromatic heterocycles. The zero-order valence-electron chi connectivity index (χ0n) is 11.6. The molecule has 0 bridgehead atoms. The van der Waals surface area contributed by atoms with E-state index in [4.69, 9.17) is 5.73 Å². The normalized spacial score (nSPS) is 18.8. The van der Waals surface area contributed by atoms with Crippen molar-refractivity contribution < 1.29 is 9.59 Å². The molecular formula is C14H20N4O2. The van der Waals surface area contributed by atoms with Crippen LogP contribution < -0.4 is 16.4 Å². The van der Waals surface area contributed by atoms with Crippen LogP contribution in [0, 0.1) is 0 Å². The zero-order chi connectivity index (χ0) is 14.5. The second kappa shape index (κ2) is 6.38. The lowest BCUT2D eigenvalue weighted by atomic mass is 10.1. The molecule has 20 heavy (non-hydrogen) atoms. The van der Waals surface area contributed by atoms with Gasteiger partial charge in [-0.1, -0.05) is 12.1 Å². The van der Waals surface area contributed by atoms with Crippen molar-refractivity contribution in [2.45, 2.75) is 25.4 Å². The van der Waals surface area contributed by atoms with Crippen LogP contribution in [0.3, 0.4) is 0 Å². The molecular weight excluding hydrogens is 256 g/mol. The van der Waals surface area contributed by atoms with Gasteiger partial charge in [-0.15, -0.1) is 0 Å². The maximum Gasteiger partial charge on any atom is 0.319 e. The number of urea groups is 1. The van der Waals surface area contributed by atoms with Crippen molar-refractivity contribution >= 4 is 17.6 Å². The van der Waals surface area contributed by atoms with E-state index in [1.807, 2.05) is 24.3 Å². The van der Waals surface area contributed by atoms with Crippen molar-refractivity contribution in [1.29, 1.82) is 0 Å². The highest BCUT2D eigenvalue weighted by molar-refractivity contribution is 5.89. The SMILES string of the molecule is CN1CC(NC(=O)Nc2ccc(CN)cc2)CCC1=O. The quantitative estimate of drug-likeness (QED) is 0.766. The number of hydrogen-bond donors (Lipinski definition) is 3. The summed E-state index contributed by atoms with van der Waals surface area (Å²) in [7, 11) is 1.75. The Morgan fingerprint density at radius 1 is 1.40 bits per heavy atom. The molecule has 108 valence electrons. The van der Waals surface area contributed by atoms with Crippen LogP contribution in [-0.2, 0) is 11.3 Å². The molecule has 6 nitrogen and oxygen atoms in total. The van der Waals surface area contributed by atoms with Gasteiger partial charge in [0.05, 0.1) is 0 Å². The maximum absolute atomic E-state index is 11.9. The molecule has 1 fully saturated rings. The summed E-state index contributed by atoms with van der Waals surface area (Å²) >= 11 is 0. The lowest BCUT2D eigenvalue weighted by Crippen LogP contribution is -2.49. The molecule has 2 rings (SSSR count). The molecule has 4 N–H and O–H groups in total. The summed E-state index contributed by atoms with van der Waals surface area (Å²) < 4.78 is 0. The number of likely N-dealkylation sites (tertiary alicyclic amines) is 1.